The van der Waals surface area contributed by atoms with E-state index in [0.29, 0.717) is 11.8 Å². The monoisotopic (exact) mass is 247 g/mol. The molecular weight excluding hydrogens is 222 g/mol. The molecule has 0 heterocycles. The summed E-state index contributed by atoms with van der Waals surface area (Å²) in [4.78, 5) is 0. The largest absolute Gasteiger partial charge is 0.216 e. The molecule has 0 aliphatic heterocycles. The van der Waals surface area contributed by atoms with Gasteiger partial charge in [0, 0.05) is 12.6 Å². The number of sulfonamides is 1. The fraction of sp³-hybridized carbons (Fsp3) is 1.00. The van der Waals surface area contributed by atoms with Gasteiger partial charge >= 0.3 is 0 Å². The van der Waals surface area contributed by atoms with Gasteiger partial charge in [-0.05, 0) is 45.4 Å². The van der Waals surface area contributed by atoms with Crippen molar-refractivity contribution in [3.8, 4) is 0 Å². The van der Waals surface area contributed by atoms with E-state index in [1.165, 1.54) is 12.8 Å². The third kappa shape index (κ3) is 3.20. The summed E-state index contributed by atoms with van der Waals surface area (Å²) in [6.07, 6.45) is 2.38. The first-order valence-electron chi connectivity index (χ1n) is 6.27. The van der Waals surface area contributed by atoms with Crippen LogP contribution in [0.25, 0.3) is 0 Å². The van der Waals surface area contributed by atoms with Crippen LogP contribution in [-0.2, 0) is 10.0 Å². The SMILES string of the molecule is CC(C)[C@@H](C)N(CC1CC1)S(=O)(=O)C(C)C. The van der Waals surface area contributed by atoms with Gasteiger partial charge in [-0.25, -0.2) is 8.42 Å². The zero-order chi connectivity index (χ0) is 12.5. The highest BCUT2D eigenvalue weighted by atomic mass is 32.2. The molecule has 1 atom stereocenters. The summed E-state index contributed by atoms with van der Waals surface area (Å²) in [5.74, 6) is 0.974. The van der Waals surface area contributed by atoms with Crippen LogP contribution in [0, 0.1) is 11.8 Å². The van der Waals surface area contributed by atoms with Gasteiger partial charge in [-0.15, -0.1) is 0 Å². The lowest BCUT2D eigenvalue weighted by Crippen LogP contribution is -2.45. The Balaban J connectivity index is 2.85. The second-order valence-corrected chi connectivity index (χ2v) is 8.03. The molecular formula is C12H25NO2S. The van der Waals surface area contributed by atoms with Gasteiger partial charge in [0.25, 0.3) is 0 Å². The van der Waals surface area contributed by atoms with E-state index in [-0.39, 0.29) is 11.3 Å². The number of nitrogens with zero attached hydrogens (tertiary/aromatic N) is 1. The second-order valence-electron chi connectivity index (χ2n) is 5.59. The molecule has 0 aromatic carbocycles. The van der Waals surface area contributed by atoms with Crippen molar-refractivity contribution in [2.75, 3.05) is 6.54 Å². The molecule has 0 saturated heterocycles. The summed E-state index contributed by atoms with van der Waals surface area (Å²) >= 11 is 0. The van der Waals surface area contributed by atoms with Crippen molar-refractivity contribution < 1.29 is 8.42 Å². The standard InChI is InChI=1S/C12H25NO2S/c1-9(2)11(5)13(8-12-6-7-12)16(14,15)10(3)4/h9-12H,6-8H2,1-5H3/t11-/m1/s1. The van der Waals surface area contributed by atoms with Crippen LogP contribution < -0.4 is 0 Å². The fourth-order valence-corrected chi connectivity index (χ4v) is 3.33. The maximum atomic E-state index is 12.3. The van der Waals surface area contributed by atoms with E-state index >= 15 is 0 Å². The van der Waals surface area contributed by atoms with Gasteiger partial charge in [0.2, 0.25) is 10.0 Å². The van der Waals surface area contributed by atoms with Crippen LogP contribution in [0.3, 0.4) is 0 Å². The fourth-order valence-electron chi connectivity index (χ4n) is 1.66. The molecule has 1 rings (SSSR count). The summed E-state index contributed by atoms with van der Waals surface area (Å²) in [6, 6.07) is 0.105. The molecule has 0 bridgehead atoms. The molecule has 96 valence electrons. The first-order valence-corrected chi connectivity index (χ1v) is 7.77. The van der Waals surface area contributed by atoms with Gasteiger partial charge < -0.3 is 0 Å². The Morgan fingerprint density at radius 2 is 1.62 bits per heavy atom. The van der Waals surface area contributed by atoms with Crippen molar-refractivity contribution in [3.05, 3.63) is 0 Å². The Labute approximate surface area is 100 Å². The summed E-state index contributed by atoms with van der Waals surface area (Å²) in [6.45, 7) is 10.4. The third-order valence-electron chi connectivity index (χ3n) is 3.48. The Morgan fingerprint density at radius 3 is 1.94 bits per heavy atom. The van der Waals surface area contributed by atoms with Gasteiger partial charge in [-0.2, -0.15) is 4.31 Å². The first kappa shape index (κ1) is 14.0. The molecule has 0 unspecified atom stereocenters. The summed E-state index contributed by atoms with van der Waals surface area (Å²) in [5.41, 5.74) is 0. The van der Waals surface area contributed by atoms with Crippen molar-refractivity contribution in [1.29, 1.82) is 0 Å². The van der Waals surface area contributed by atoms with E-state index in [0.717, 1.165) is 6.54 Å². The molecule has 16 heavy (non-hydrogen) atoms. The van der Waals surface area contributed by atoms with Crippen LogP contribution in [0.15, 0.2) is 0 Å². The van der Waals surface area contributed by atoms with E-state index < -0.39 is 10.0 Å². The second kappa shape index (κ2) is 5.05. The minimum atomic E-state index is -3.10. The molecule has 0 N–H and O–H groups in total. The summed E-state index contributed by atoms with van der Waals surface area (Å²) < 4.78 is 26.3. The predicted octanol–water partition coefficient (Wildman–Crippen LogP) is 2.48. The number of rotatable bonds is 6. The molecule has 0 amide bonds. The van der Waals surface area contributed by atoms with Gasteiger partial charge in [0.15, 0.2) is 0 Å². The zero-order valence-electron chi connectivity index (χ0n) is 11.1. The van der Waals surface area contributed by atoms with Crippen LogP contribution in [0.4, 0.5) is 0 Å². The molecule has 1 saturated carbocycles. The highest BCUT2D eigenvalue weighted by Gasteiger charge is 2.36. The van der Waals surface area contributed by atoms with E-state index in [1.54, 1.807) is 18.2 Å². The molecule has 0 aromatic heterocycles. The normalized spacial score (nSPS) is 19.8. The van der Waals surface area contributed by atoms with Crippen LogP contribution in [0.5, 0.6) is 0 Å². The predicted molar refractivity (Wildman–Crippen MR) is 67.8 cm³/mol. The van der Waals surface area contributed by atoms with Crippen LogP contribution in [0.1, 0.15) is 47.5 Å². The van der Waals surface area contributed by atoms with E-state index in [1.807, 2.05) is 6.92 Å². The molecule has 0 spiro atoms. The van der Waals surface area contributed by atoms with Gasteiger partial charge in [0.05, 0.1) is 5.25 Å². The average Bonchev–Trinajstić information content (AvgIpc) is 2.95. The average molecular weight is 247 g/mol. The highest BCUT2D eigenvalue weighted by Crippen LogP contribution is 2.32. The zero-order valence-corrected chi connectivity index (χ0v) is 11.9. The maximum absolute atomic E-state index is 12.3. The van der Waals surface area contributed by atoms with Crippen LogP contribution >= 0.6 is 0 Å². The highest BCUT2D eigenvalue weighted by molar-refractivity contribution is 7.89. The first-order chi connectivity index (χ1) is 7.26. The van der Waals surface area contributed by atoms with E-state index in [4.69, 9.17) is 0 Å². The molecule has 1 aliphatic carbocycles. The lowest BCUT2D eigenvalue weighted by Gasteiger charge is -2.32. The topological polar surface area (TPSA) is 37.4 Å². The van der Waals surface area contributed by atoms with Gasteiger partial charge in [-0.3, -0.25) is 0 Å². The van der Waals surface area contributed by atoms with E-state index in [2.05, 4.69) is 13.8 Å². The maximum Gasteiger partial charge on any atom is 0.216 e. The quantitative estimate of drug-likeness (QED) is 0.723. The lowest BCUT2D eigenvalue weighted by molar-refractivity contribution is 0.266. The molecule has 4 heteroatoms. The van der Waals surface area contributed by atoms with Crippen molar-refractivity contribution in [2.45, 2.75) is 58.8 Å². The van der Waals surface area contributed by atoms with Gasteiger partial charge in [-0.1, -0.05) is 13.8 Å². The Hall–Kier alpha value is -0.0900. The minimum Gasteiger partial charge on any atom is -0.212 e. The van der Waals surface area contributed by atoms with Crippen molar-refractivity contribution in [2.24, 2.45) is 11.8 Å². The Kier molecular flexibility index (Phi) is 4.41. The third-order valence-corrected chi connectivity index (χ3v) is 5.80. The molecule has 0 aromatic rings. The lowest BCUT2D eigenvalue weighted by atomic mass is 10.1. The molecule has 1 aliphatic rings. The molecule has 0 radical (unpaired) electrons. The molecule has 1 fully saturated rings. The number of hydrogen-bond acceptors (Lipinski definition) is 2. The summed E-state index contributed by atoms with van der Waals surface area (Å²) in [5, 5.41) is -0.313. The smallest absolute Gasteiger partial charge is 0.212 e. The van der Waals surface area contributed by atoms with Crippen molar-refractivity contribution in [3.63, 3.8) is 0 Å². The summed E-state index contributed by atoms with van der Waals surface area (Å²) in [7, 11) is -3.10. The van der Waals surface area contributed by atoms with Crippen LogP contribution in [-0.4, -0.2) is 30.6 Å². The Morgan fingerprint density at radius 1 is 1.12 bits per heavy atom. The van der Waals surface area contributed by atoms with E-state index in [9.17, 15) is 8.42 Å². The van der Waals surface area contributed by atoms with Gasteiger partial charge in [0.1, 0.15) is 0 Å². The van der Waals surface area contributed by atoms with Crippen molar-refractivity contribution in [1.82, 2.24) is 4.31 Å². The minimum absolute atomic E-state index is 0.105. The van der Waals surface area contributed by atoms with Crippen molar-refractivity contribution >= 4 is 10.0 Å². The van der Waals surface area contributed by atoms with Crippen LogP contribution in [0.2, 0.25) is 0 Å². The number of hydrogen-bond donors (Lipinski definition) is 0. The Bertz CT molecular complexity index is 318. The molecule has 3 nitrogen and oxygen atoms in total.